The van der Waals surface area contributed by atoms with Crippen molar-refractivity contribution in [3.8, 4) is 29.1 Å². The van der Waals surface area contributed by atoms with Crippen LogP contribution in [0.3, 0.4) is 0 Å². The van der Waals surface area contributed by atoms with Gasteiger partial charge in [-0.15, -0.1) is 0 Å². The summed E-state index contributed by atoms with van der Waals surface area (Å²) in [4.78, 5) is 12.4. The van der Waals surface area contributed by atoms with E-state index in [0.717, 1.165) is 24.2 Å². The monoisotopic (exact) mass is 454 g/mol. The Bertz CT molecular complexity index is 939. The van der Waals surface area contributed by atoms with E-state index in [9.17, 15) is 4.79 Å². The van der Waals surface area contributed by atoms with E-state index in [1.165, 1.54) is 7.11 Å². The van der Waals surface area contributed by atoms with Crippen molar-refractivity contribution >= 4 is 5.91 Å². The highest BCUT2D eigenvalue weighted by Gasteiger charge is 2.14. The lowest BCUT2D eigenvalue weighted by atomic mass is 10.1. The van der Waals surface area contributed by atoms with Crippen LogP contribution in [0.4, 0.5) is 0 Å². The van der Waals surface area contributed by atoms with Gasteiger partial charge in [-0.3, -0.25) is 4.79 Å². The van der Waals surface area contributed by atoms with Crippen molar-refractivity contribution in [1.29, 1.82) is 5.26 Å². The molecule has 0 saturated heterocycles. The highest BCUT2D eigenvalue weighted by atomic mass is 16.5. The molecule has 1 N–H and O–H groups in total. The van der Waals surface area contributed by atoms with Crippen LogP contribution in [0.15, 0.2) is 36.4 Å². The SMILES string of the molecule is CCCOc1ccc(C(C)NC(=O)CCCOc2ccc(C#N)cc2OC)cc1OCCC. The Balaban J connectivity index is 1.86. The summed E-state index contributed by atoms with van der Waals surface area (Å²) in [6.45, 7) is 7.66. The quantitative estimate of drug-likeness (QED) is 0.396. The third-order valence-corrected chi connectivity index (χ3v) is 4.87. The third-order valence-electron chi connectivity index (χ3n) is 4.87. The van der Waals surface area contributed by atoms with Crippen LogP contribution in [-0.4, -0.2) is 32.8 Å². The molecule has 178 valence electrons. The van der Waals surface area contributed by atoms with Gasteiger partial charge < -0.3 is 24.3 Å². The molecule has 0 aliphatic carbocycles. The van der Waals surface area contributed by atoms with E-state index in [4.69, 9.17) is 24.2 Å². The summed E-state index contributed by atoms with van der Waals surface area (Å²) in [5.74, 6) is 2.42. The Morgan fingerprint density at radius 3 is 2.24 bits per heavy atom. The lowest BCUT2D eigenvalue weighted by Gasteiger charge is -2.18. The normalized spacial score (nSPS) is 11.2. The summed E-state index contributed by atoms with van der Waals surface area (Å²) >= 11 is 0. The van der Waals surface area contributed by atoms with E-state index in [-0.39, 0.29) is 11.9 Å². The van der Waals surface area contributed by atoms with Gasteiger partial charge >= 0.3 is 0 Å². The van der Waals surface area contributed by atoms with Crippen LogP contribution in [0.2, 0.25) is 0 Å². The first-order valence-electron chi connectivity index (χ1n) is 11.4. The van der Waals surface area contributed by atoms with E-state index in [1.54, 1.807) is 18.2 Å². The predicted octanol–water partition coefficient (Wildman–Crippen LogP) is 5.18. The summed E-state index contributed by atoms with van der Waals surface area (Å²) in [6.07, 6.45) is 2.71. The zero-order chi connectivity index (χ0) is 24.1. The minimum Gasteiger partial charge on any atom is -0.493 e. The average molecular weight is 455 g/mol. The van der Waals surface area contributed by atoms with Gasteiger partial charge in [0.2, 0.25) is 5.91 Å². The van der Waals surface area contributed by atoms with Crippen molar-refractivity contribution in [3.05, 3.63) is 47.5 Å². The maximum atomic E-state index is 12.4. The van der Waals surface area contributed by atoms with Gasteiger partial charge in [0.15, 0.2) is 23.0 Å². The van der Waals surface area contributed by atoms with E-state index < -0.39 is 0 Å². The number of hydrogen-bond donors (Lipinski definition) is 1. The first-order valence-corrected chi connectivity index (χ1v) is 11.4. The molecule has 33 heavy (non-hydrogen) atoms. The van der Waals surface area contributed by atoms with E-state index in [0.29, 0.717) is 55.5 Å². The number of nitriles is 1. The molecule has 7 nitrogen and oxygen atoms in total. The Kier molecular flexibility index (Phi) is 10.9. The molecule has 2 rings (SSSR count). The topological polar surface area (TPSA) is 89.8 Å². The fourth-order valence-electron chi connectivity index (χ4n) is 3.12. The van der Waals surface area contributed by atoms with Crippen molar-refractivity contribution < 1.29 is 23.7 Å². The van der Waals surface area contributed by atoms with Gasteiger partial charge in [0, 0.05) is 12.5 Å². The molecule has 0 radical (unpaired) electrons. The van der Waals surface area contributed by atoms with Crippen LogP contribution in [0.5, 0.6) is 23.0 Å². The molecule has 1 amide bonds. The fraction of sp³-hybridized carbons (Fsp3) is 0.462. The van der Waals surface area contributed by atoms with Crippen LogP contribution in [-0.2, 0) is 4.79 Å². The Morgan fingerprint density at radius 1 is 0.939 bits per heavy atom. The summed E-state index contributed by atoms with van der Waals surface area (Å²) in [5.41, 5.74) is 1.46. The molecule has 1 unspecified atom stereocenters. The van der Waals surface area contributed by atoms with Gasteiger partial charge in [0.1, 0.15) is 0 Å². The molecule has 0 aromatic heterocycles. The van der Waals surface area contributed by atoms with Crippen molar-refractivity contribution in [2.24, 2.45) is 0 Å². The van der Waals surface area contributed by atoms with Gasteiger partial charge in [-0.05, 0) is 56.0 Å². The number of methoxy groups -OCH3 is 1. The standard InChI is InChI=1S/C26H34N2O5/c1-5-13-31-23-12-10-21(17-25(23)32-14-6-2)19(3)28-26(29)8-7-15-33-22-11-9-20(18-27)16-24(22)30-4/h9-12,16-17,19H,5-8,13-15H2,1-4H3,(H,28,29). The minimum atomic E-state index is -0.166. The first kappa shape index (κ1) is 25.9. The number of ether oxygens (including phenoxy) is 4. The van der Waals surface area contributed by atoms with E-state index in [2.05, 4.69) is 25.2 Å². The summed E-state index contributed by atoms with van der Waals surface area (Å²) in [5, 5.41) is 12.0. The van der Waals surface area contributed by atoms with Gasteiger partial charge in [0.25, 0.3) is 0 Å². The van der Waals surface area contributed by atoms with Crippen LogP contribution >= 0.6 is 0 Å². The van der Waals surface area contributed by atoms with E-state index in [1.807, 2.05) is 25.1 Å². The van der Waals surface area contributed by atoms with E-state index >= 15 is 0 Å². The molecule has 0 heterocycles. The molecule has 1 atom stereocenters. The van der Waals surface area contributed by atoms with Crippen LogP contribution < -0.4 is 24.3 Å². The number of rotatable bonds is 14. The second-order valence-corrected chi connectivity index (χ2v) is 7.62. The number of carbonyl (C=O) groups is 1. The third kappa shape index (κ3) is 8.23. The molecule has 0 spiro atoms. The number of carbonyl (C=O) groups excluding carboxylic acids is 1. The molecule has 7 heteroatoms. The average Bonchev–Trinajstić information content (AvgIpc) is 2.84. The Morgan fingerprint density at radius 2 is 1.58 bits per heavy atom. The number of amides is 1. The second kappa shape index (κ2) is 13.9. The largest absolute Gasteiger partial charge is 0.493 e. The van der Waals surface area contributed by atoms with Crippen molar-refractivity contribution in [2.45, 2.75) is 52.5 Å². The molecule has 0 aliphatic rings. The molecule has 2 aromatic carbocycles. The molecule has 0 bridgehead atoms. The lowest BCUT2D eigenvalue weighted by molar-refractivity contribution is -0.121. The maximum Gasteiger partial charge on any atom is 0.220 e. The van der Waals surface area contributed by atoms with Crippen molar-refractivity contribution in [3.63, 3.8) is 0 Å². The van der Waals surface area contributed by atoms with Crippen LogP contribution in [0.25, 0.3) is 0 Å². The molecule has 0 fully saturated rings. The molecular weight excluding hydrogens is 420 g/mol. The highest BCUT2D eigenvalue weighted by Crippen LogP contribution is 2.31. The van der Waals surface area contributed by atoms with Crippen molar-refractivity contribution in [1.82, 2.24) is 5.32 Å². The summed E-state index contributed by atoms with van der Waals surface area (Å²) in [6, 6.07) is 12.7. The number of nitrogens with zero attached hydrogens (tertiary/aromatic N) is 1. The lowest BCUT2D eigenvalue weighted by Crippen LogP contribution is -2.26. The highest BCUT2D eigenvalue weighted by molar-refractivity contribution is 5.76. The molecule has 0 saturated carbocycles. The fourth-order valence-corrected chi connectivity index (χ4v) is 3.12. The number of benzene rings is 2. The van der Waals surface area contributed by atoms with Gasteiger partial charge in [-0.2, -0.15) is 5.26 Å². The van der Waals surface area contributed by atoms with Crippen molar-refractivity contribution in [2.75, 3.05) is 26.9 Å². The maximum absolute atomic E-state index is 12.4. The number of hydrogen-bond acceptors (Lipinski definition) is 6. The Labute approximate surface area is 196 Å². The van der Waals surface area contributed by atoms with Crippen LogP contribution in [0.1, 0.15) is 63.6 Å². The molecule has 0 aliphatic heterocycles. The molecular formula is C26H34N2O5. The minimum absolute atomic E-state index is 0.0553. The zero-order valence-electron chi connectivity index (χ0n) is 20.0. The first-order chi connectivity index (χ1) is 16.0. The number of nitrogens with one attached hydrogen (secondary N) is 1. The van der Waals surface area contributed by atoms with Gasteiger partial charge in [-0.25, -0.2) is 0 Å². The van der Waals surface area contributed by atoms with Gasteiger partial charge in [-0.1, -0.05) is 19.9 Å². The smallest absolute Gasteiger partial charge is 0.220 e. The molecule has 2 aromatic rings. The van der Waals surface area contributed by atoms with Gasteiger partial charge in [0.05, 0.1) is 44.6 Å². The van der Waals surface area contributed by atoms with Crippen LogP contribution in [0, 0.1) is 11.3 Å². The Hall–Kier alpha value is -3.40. The second-order valence-electron chi connectivity index (χ2n) is 7.62. The predicted molar refractivity (Wildman–Crippen MR) is 127 cm³/mol. The zero-order valence-corrected chi connectivity index (χ0v) is 20.0. The summed E-state index contributed by atoms with van der Waals surface area (Å²) in [7, 11) is 1.53. The summed E-state index contributed by atoms with van der Waals surface area (Å²) < 4.78 is 22.6.